The van der Waals surface area contributed by atoms with E-state index in [-0.39, 0.29) is 12.0 Å². The Balaban J connectivity index is 2.31. The molecule has 0 heterocycles. The first-order valence-electron chi connectivity index (χ1n) is 7.45. The van der Waals surface area contributed by atoms with Gasteiger partial charge in [-0.2, -0.15) is 0 Å². The quantitative estimate of drug-likeness (QED) is 0.907. The molecular formula is C17H25NO2. The van der Waals surface area contributed by atoms with Crippen molar-refractivity contribution < 1.29 is 9.90 Å². The lowest BCUT2D eigenvalue weighted by Crippen LogP contribution is -2.49. The molecule has 0 aliphatic heterocycles. The molecule has 110 valence electrons. The fraction of sp³-hybridized carbons (Fsp3) is 0.588. The molecule has 3 heteroatoms. The molecule has 1 aliphatic carbocycles. The third-order valence-electron chi connectivity index (χ3n) is 4.50. The summed E-state index contributed by atoms with van der Waals surface area (Å²) in [6.45, 7) is 6.66. The molecule has 1 fully saturated rings. The summed E-state index contributed by atoms with van der Waals surface area (Å²) >= 11 is 0. The highest BCUT2D eigenvalue weighted by Crippen LogP contribution is 2.40. The van der Waals surface area contributed by atoms with Crippen LogP contribution >= 0.6 is 0 Å². The summed E-state index contributed by atoms with van der Waals surface area (Å²) in [7, 11) is 0. The minimum atomic E-state index is -0.757. The molecule has 1 aliphatic rings. The zero-order valence-electron chi connectivity index (χ0n) is 12.7. The molecule has 0 bridgehead atoms. The van der Waals surface area contributed by atoms with Gasteiger partial charge in [-0.15, -0.1) is 0 Å². The first-order chi connectivity index (χ1) is 9.40. The largest absolute Gasteiger partial charge is 0.480 e. The Morgan fingerprint density at radius 2 is 1.95 bits per heavy atom. The molecule has 0 aromatic heterocycles. The predicted octanol–water partition coefficient (Wildman–Crippen LogP) is 3.85. The number of rotatable bonds is 4. The van der Waals surface area contributed by atoms with Crippen LogP contribution in [0.1, 0.15) is 45.1 Å². The molecule has 0 radical (unpaired) electrons. The second-order valence-corrected chi connectivity index (χ2v) is 6.61. The van der Waals surface area contributed by atoms with Gasteiger partial charge in [0.05, 0.1) is 0 Å². The van der Waals surface area contributed by atoms with Crippen LogP contribution in [0.5, 0.6) is 0 Å². The number of anilines is 1. The molecule has 0 saturated heterocycles. The summed E-state index contributed by atoms with van der Waals surface area (Å²) in [4.78, 5) is 13.3. The molecule has 1 atom stereocenters. The third kappa shape index (κ3) is 3.33. The van der Waals surface area contributed by atoms with E-state index in [0.29, 0.717) is 6.04 Å². The van der Waals surface area contributed by atoms with E-state index in [2.05, 4.69) is 37.8 Å². The smallest absolute Gasteiger partial charge is 0.323 e. The topological polar surface area (TPSA) is 40.5 Å². The van der Waals surface area contributed by atoms with Crippen molar-refractivity contribution in [3.8, 4) is 0 Å². The van der Waals surface area contributed by atoms with Crippen molar-refractivity contribution in [2.24, 2.45) is 5.41 Å². The van der Waals surface area contributed by atoms with Gasteiger partial charge in [-0.1, -0.05) is 44.4 Å². The van der Waals surface area contributed by atoms with Gasteiger partial charge in [-0.3, -0.25) is 4.79 Å². The van der Waals surface area contributed by atoms with Gasteiger partial charge in [-0.25, -0.2) is 0 Å². The standard InChI is InChI=1S/C17H25NO2/c1-13-7-9-14(10-8-13)18(12-16(19)20)15-6-4-5-11-17(15,2)3/h7-10,15H,4-6,11-12H2,1-3H3,(H,19,20). The molecule has 2 rings (SSSR count). The van der Waals surface area contributed by atoms with Gasteiger partial charge in [0.2, 0.25) is 0 Å². The molecule has 20 heavy (non-hydrogen) atoms. The lowest BCUT2D eigenvalue weighted by Gasteiger charge is -2.46. The van der Waals surface area contributed by atoms with Crippen molar-refractivity contribution in [3.05, 3.63) is 29.8 Å². The van der Waals surface area contributed by atoms with Crippen molar-refractivity contribution in [3.63, 3.8) is 0 Å². The maximum atomic E-state index is 11.3. The number of carbonyl (C=O) groups is 1. The Hall–Kier alpha value is -1.51. The maximum absolute atomic E-state index is 11.3. The zero-order valence-corrected chi connectivity index (χ0v) is 12.7. The number of benzene rings is 1. The molecule has 1 aromatic carbocycles. The second kappa shape index (κ2) is 5.86. The second-order valence-electron chi connectivity index (χ2n) is 6.61. The minimum absolute atomic E-state index is 0.0805. The van der Waals surface area contributed by atoms with Crippen LogP contribution < -0.4 is 4.90 Å². The molecule has 1 unspecified atom stereocenters. The number of hydrogen-bond donors (Lipinski definition) is 1. The number of aryl methyl sites for hydroxylation is 1. The minimum Gasteiger partial charge on any atom is -0.480 e. The molecule has 1 N–H and O–H groups in total. The van der Waals surface area contributed by atoms with E-state index in [9.17, 15) is 9.90 Å². The van der Waals surface area contributed by atoms with E-state index >= 15 is 0 Å². The van der Waals surface area contributed by atoms with Gasteiger partial charge >= 0.3 is 5.97 Å². The molecule has 3 nitrogen and oxygen atoms in total. The average molecular weight is 275 g/mol. The van der Waals surface area contributed by atoms with E-state index < -0.39 is 5.97 Å². The summed E-state index contributed by atoms with van der Waals surface area (Å²) in [5.41, 5.74) is 2.39. The van der Waals surface area contributed by atoms with Gasteiger partial charge in [0, 0.05) is 11.7 Å². The average Bonchev–Trinajstić information content (AvgIpc) is 2.37. The van der Waals surface area contributed by atoms with Crippen LogP contribution in [-0.2, 0) is 4.79 Å². The summed E-state index contributed by atoms with van der Waals surface area (Å²) in [5.74, 6) is -0.757. The molecular weight excluding hydrogens is 250 g/mol. The predicted molar refractivity (Wildman–Crippen MR) is 82.2 cm³/mol. The lowest BCUT2D eigenvalue weighted by atomic mass is 9.72. The van der Waals surface area contributed by atoms with E-state index in [0.717, 1.165) is 12.1 Å². The van der Waals surface area contributed by atoms with Gasteiger partial charge in [-0.05, 0) is 37.3 Å². The van der Waals surface area contributed by atoms with Crippen LogP contribution in [0, 0.1) is 12.3 Å². The summed E-state index contributed by atoms with van der Waals surface area (Å²) in [6, 6.07) is 8.50. The first-order valence-corrected chi connectivity index (χ1v) is 7.45. The SMILES string of the molecule is Cc1ccc(N(CC(=O)O)C2CCCCC2(C)C)cc1. The van der Waals surface area contributed by atoms with Crippen LogP contribution in [0.15, 0.2) is 24.3 Å². The Morgan fingerprint density at radius 1 is 1.30 bits per heavy atom. The van der Waals surface area contributed by atoms with Crippen molar-refractivity contribution in [2.45, 2.75) is 52.5 Å². The van der Waals surface area contributed by atoms with Crippen LogP contribution in [0.4, 0.5) is 5.69 Å². The van der Waals surface area contributed by atoms with Crippen molar-refractivity contribution in [1.29, 1.82) is 0 Å². The van der Waals surface area contributed by atoms with E-state index in [1.165, 1.54) is 24.8 Å². The summed E-state index contributed by atoms with van der Waals surface area (Å²) in [5, 5.41) is 9.26. The fourth-order valence-electron chi connectivity index (χ4n) is 3.32. The van der Waals surface area contributed by atoms with E-state index in [4.69, 9.17) is 0 Å². The van der Waals surface area contributed by atoms with Crippen LogP contribution in [-0.4, -0.2) is 23.7 Å². The number of carboxylic acids is 1. The van der Waals surface area contributed by atoms with Gasteiger partial charge < -0.3 is 10.0 Å². The monoisotopic (exact) mass is 275 g/mol. The lowest BCUT2D eigenvalue weighted by molar-refractivity contribution is -0.135. The zero-order chi connectivity index (χ0) is 14.8. The van der Waals surface area contributed by atoms with Crippen molar-refractivity contribution in [1.82, 2.24) is 0 Å². The van der Waals surface area contributed by atoms with Crippen LogP contribution in [0.2, 0.25) is 0 Å². The Labute approximate surface area is 121 Å². The van der Waals surface area contributed by atoms with Crippen LogP contribution in [0.25, 0.3) is 0 Å². The van der Waals surface area contributed by atoms with Gasteiger partial charge in [0.25, 0.3) is 0 Å². The number of nitrogens with zero attached hydrogens (tertiary/aromatic N) is 1. The van der Waals surface area contributed by atoms with E-state index in [1.54, 1.807) is 0 Å². The number of hydrogen-bond acceptors (Lipinski definition) is 2. The van der Waals surface area contributed by atoms with Gasteiger partial charge in [0.15, 0.2) is 0 Å². The molecule has 0 amide bonds. The first kappa shape index (κ1) is 14.9. The van der Waals surface area contributed by atoms with Crippen LogP contribution in [0.3, 0.4) is 0 Å². The number of aliphatic carboxylic acids is 1. The summed E-state index contributed by atoms with van der Waals surface area (Å²) in [6.07, 6.45) is 4.68. The highest BCUT2D eigenvalue weighted by molar-refractivity contribution is 5.74. The fourth-order valence-corrected chi connectivity index (χ4v) is 3.32. The maximum Gasteiger partial charge on any atom is 0.323 e. The summed E-state index contributed by atoms with van der Waals surface area (Å²) < 4.78 is 0. The highest BCUT2D eigenvalue weighted by atomic mass is 16.4. The third-order valence-corrected chi connectivity index (χ3v) is 4.50. The molecule has 1 aromatic rings. The normalized spacial score (nSPS) is 21.4. The Kier molecular flexibility index (Phi) is 4.36. The Bertz CT molecular complexity index is 464. The van der Waals surface area contributed by atoms with Gasteiger partial charge in [0.1, 0.15) is 6.54 Å². The number of carboxylic acid groups (broad SMARTS) is 1. The Morgan fingerprint density at radius 3 is 2.50 bits per heavy atom. The van der Waals surface area contributed by atoms with Crippen molar-refractivity contribution >= 4 is 11.7 Å². The molecule has 1 saturated carbocycles. The molecule has 0 spiro atoms. The van der Waals surface area contributed by atoms with Crippen molar-refractivity contribution in [2.75, 3.05) is 11.4 Å². The van der Waals surface area contributed by atoms with E-state index in [1.807, 2.05) is 12.1 Å². The highest BCUT2D eigenvalue weighted by Gasteiger charge is 2.37.